The van der Waals surface area contributed by atoms with E-state index in [1.54, 1.807) is 0 Å². The van der Waals surface area contributed by atoms with Crippen LogP contribution in [0.1, 0.15) is 74.7 Å². The van der Waals surface area contributed by atoms with E-state index < -0.39 is 6.97 Å². The second-order valence-corrected chi connectivity index (χ2v) is 12.1. The first-order chi connectivity index (χ1) is 21.5. The third-order valence-corrected chi connectivity index (χ3v) is 9.62. The Morgan fingerprint density at radius 3 is 1.73 bits per heavy atom. The van der Waals surface area contributed by atoms with Crippen molar-refractivity contribution in [2.24, 2.45) is 0 Å². The highest BCUT2D eigenvalue weighted by molar-refractivity contribution is 6.58. The molecule has 4 aromatic rings. The van der Waals surface area contributed by atoms with Crippen LogP contribution in [-0.4, -0.2) is 27.6 Å². The summed E-state index contributed by atoms with van der Waals surface area (Å²) in [6.07, 6.45) is 1.41. The lowest BCUT2D eigenvalue weighted by atomic mass is 9.83. The van der Waals surface area contributed by atoms with E-state index in [1.165, 1.54) is 15.9 Å². The van der Waals surface area contributed by atoms with Crippen molar-refractivity contribution in [1.29, 1.82) is 0 Å². The van der Waals surface area contributed by atoms with Crippen LogP contribution in [0.25, 0.3) is 27.8 Å². The van der Waals surface area contributed by atoms with Gasteiger partial charge in [0.05, 0.1) is 5.57 Å². The Kier molecular flexibility index (Phi) is 7.76. The summed E-state index contributed by atoms with van der Waals surface area (Å²) >= 11 is 0. The maximum Gasteiger partial charge on any atom is 0.737 e. The predicted molar refractivity (Wildman–Crippen MR) is 179 cm³/mol. The summed E-state index contributed by atoms with van der Waals surface area (Å²) in [5.74, 6) is -0.293. The van der Waals surface area contributed by atoms with Gasteiger partial charge in [-0.3, -0.25) is 4.79 Å². The van der Waals surface area contributed by atoms with Crippen LogP contribution in [0, 0.1) is 13.8 Å². The van der Waals surface area contributed by atoms with Crippen molar-refractivity contribution in [3.8, 4) is 22.3 Å². The molecule has 0 aliphatic carbocycles. The van der Waals surface area contributed by atoms with E-state index >= 15 is 8.63 Å². The van der Waals surface area contributed by atoms with Gasteiger partial charge in [0.1, 0.15) is 12.3 Å². The normalized spacial score (nSPS) is 15.5. The van der Waals surface area contributed by atoms with Crippen molar-refractivity contribution in [2.75, 3.05) is 0 Å². The van der Waals surface area contributed by atoms with Crippen molar-refractivity contribution in [3.63, 3.8) is 0 Å². The highest BCUT2D eigenvalue weighted by atomic mass is 19.2. The number of benzene rings is 3. The number of esters is 1. The zero-order chi connectivity index (χ0) is 32.2. The zero-order valence-corrected chi connectivity index (χ0v) is 27.1. The minimum Gasteiger partial charge on any atom is -0.461 e. The van der Waals surface area contributed by atoms with Crippen molar-refractivity contribution in [2.45, 2.75) is 67.9 Å². The van der Waals surface area contributed by atoms with Crippen LogP contribution < -0.4 is 0 Å². The lowest BCUT2D eigenvalue weighted by Crippen LogP contribution is -2.51. The summed E-state index contributed by atoms with van der Waals surface area (Å²) < 4.78 is 40.8. The first-order valence-corrected chi connectivity index (χ1v) is 15.7. The summed E-state index contributed by atoms with van der Waals surface area (Å²) in [6, 6.07) is 24.7. The number of hydrogen-bond acceptors (Lipinski definition) is 2. The summed E-state index contributed by atoms with van der Waals surface area (Å²) in [4.78, 5) is 11.1. The number of allylic oxidation sites excluding steroid dienone is 2. The molecular formula is C38H39BF2N2O2. The summed E-state index contributed by atoms with van der Waals surface area (Å²) in [6.45, 7) is 9.38. The second kappa shape index (κ2) is 11.4. The molecule has 0 amide bonds. The molecule has 0 atom stereocenters. The van der Waals surface area contributed by atoms with Crippen molar-refractivity contribution in [1.82, 2.24) is 4.48 Å². The summed E-state index contributed by atoms with van der Waals surface area (Å²) in [5, 5.41) is 0. The molecule has 0 fully saturated rings. The van der Waals surface area contributed by atoms with Crippen LogP contribution in [0.15, 0.2) is 89.6 Å². The van der Waals surface area contributed by atoms with Gasteiger partial charge in [0.15, 0.2) is 5.70 Å². The molecule has 0 unspecified atom stereocenters. The van der Waals surface area contributed by atoms with Crippen LogP contribution in [0.2, 0.25) is 0 Å². The molecule has 0 radical (unpaired) electrons. The molecule has 2 aliphatic rings. The zero-order valence-electron chi connectivity index (χ0n) is 27.1. The van der Waals surface area contributed by atoms with E-state index in [1.807, 2.05) is 65.8 Å². The van der Waals surface area contributed by atoms with E-state index in [0.717, 1.165) is 61.2 Å². The second-order valence-electron chi connectivity index (χ2n) is 12.1. The molecule has 230 valence electrons. The van der Waals surface area contributed by atoms with Crippen LogP contribution in [0.5, 0.6) is 0 Å². The molecule has 45 heavy (non-hydrogen) atoms. The van der Waals surface area contributed by atoms with Crippen LogP contribution in [-0.2, 0) is 22.6 Å². The number of carbonyl (C=O) groups is 1. The SMILES string of the molecule is CCC1=C(C)C2=C(c3ccc(-c4ccc(-c5ccc(COC(C)=O)cc5)cc4)cc3)c3c(C)c(CC)c(C)n3[B-](F)(F)[N+]2=C1C. The molecule has 7 heteroatoms. The van der Waals surface area contributed by atoms with Gasteiger partial charge in [0.2, 0.25) is 0 Å². The van der Waals surface area contributed by atoms with E-state index in [0.29, 0.717) is 35.6 Å². The number of nitrogens with zero attached hydrogens (tertiary/aromatic N) is 2. The summed E-state index contributed by atoms with van der Waals surface area (Å²) in [5.41, 5.74) is 13.5. The van der Waals surface area contributed by atoms with Gasteiger partial charge in [0, 0.05) is 30.7 Å². The smallest absolute Gasteiger partial charge is 0.461 e. The fourth-order valence-electron chi connectivity index (χ4n) is 7.41. The van der Waals surface area contributed by atoms with Crippen LogP contribution in [0.4, 0.5) is 8.63 Å². The van der Waals surface area contributed by atoms with E-state index in [-0.39, 0.29) is 12.6 Å². The van der Waals surface area contributed by atoms with Crippen LogP contribution in [0.3, 0.4) is 0 Å². The molecule has 0 bridgehead atoms. The van der Waals surface area contributed by atoms with Gasteiger partial charge in [-0.1, -0.05) is 86.6 Å². The first kappa shape index (κ1) is 30.5. The van der Waals surface area contributed by atoms with Gasteiger partial charge in [-0.25, -0.2) is 0 Å². The maximum atomic E-state index is 16.5. The van der Waals surface area contributed by atoms with Crippen molar-refractivity contribution < 1.29 is 22.6 Å². The minimum atomic E-state index is -4.04. The Hall–Kier alpha value is -4.52. The van der Waals surface area contributed by atoms with E-state index in [9.17, 15) is 4.79 Å². The molecule has 6 rings (SSSR count). The lowest BCUT2D eigenvalue weighted by Gasteiger charge is -2.34. The standard InChI is InChI=1S/C38H39BF2N2O2/c1-8-34-23(3)37-36(38-24(4)35(9-2)26(6)43(38)39(40,41)42(37)25(34)5)33-20-18-32(19-21-33)31-16-14-30(15-17-31)29-12-10-28(11-13-29)22-45-27(7)44/h10-21H,8-9,22H2,1-7H3. The Balaban J connectivity index is 1.39. The Labute approximate surface area is 264 Å². The third-order valence-electron chi connectivity index (χ3n) is 9.62. The number of fused-ring (bicyclic) bond motifs is 2. The first-order valence-electron chi connectivity index (χ1n) is 15.7. The Morgan fingerprint density at radius 1 is 0.778 bits per heavy atom. The number of ether oxygens (including phenoxy) is 1. The maximum absolute atomic E-state index is 16.5. The molecular weight excluding hydrogens is 565 g/mol. The Morgan fingerprint density at radius 2 is 1.27 bits per heavy atom. The molecule has 3 heterocycles. The fraction of sp³-hybridized carbons (Fsp3) is 0.263. The van der Waals surface area contributed by atoms with Gasteiger partial charge in [-0.2, -0.15) is 0 Å². The monoisotopic (exact) mass is 604 g/mol. The number of hydrogen-bond donors (Lipinski definition) is 0. The van der Waals surface area contributed by atoms with Gasteiger partial charge in [-0.15, -0.1) is 0 Å². The van der Waals surface area contributed by atoms with E-state index in [2.05, 4.69) is 48.5 Å². The number of carbonyl (C=O) groups excluding carboxylic acids is 1. The molecule has 3 aromatic carbocycles. The van der Waals surface area contributed by atoms with Gasteiger partial charge in [0.25, 0.3) is 0 Å². The quantitative estimate of drug-likeness (QED) is 0.156. The average molecular weight is 605 g/mol. The molecule has 2 aliphatic heterocycles. The number of aromatic nitrogens is 1. The lowest BCUT2D eigenvalue weighted by molar-refractivity contribution is -0.363. The summed E-state index contributed by atoms with van der Waals surface area (Å²) in [7, 11) is 0. The van der Waals surface area contributed by atoms with Gasteiger partial charge >= 0.3 is 12.9 Å². The fourth-order valence-corrected chi connectivity index (χ4v) is 7.41. The third kappa shape index (κ3) is 4.89. The largest absolute Gasteiger partial charge is 0.737 e. The molecule has 0 saturated heterocycles. The molecule has 0 spiro atoms. The topological polar surface area (TPSA) is 34.2 Å². The van der Waals surface area contributed by atoms with Gasteiger partial charge in [-0.05, 0) is 83.8 Å². The highest BCUT2D eigenvalue weighted by Gasteiger charge is 2.56. The minimum absolute atomic E-state index is 0.266. The van der Waals surface area contributed by atoms with E-state index in [4.69, 9.17) is 4.74 Å². The van der Waals surface area contributed by atoms with Gasteiger partial charge < -0.3 is 22.3 Å². The van der Waals surface area contributed by atoms with Crippen molar-refractivity contribution in [3.05, 3.63) is 123 Å². The molecule has 1 aromatic heterocycles. The molecule has 4 nitrogen and oxygen atoms in total. The molecule has 0 saturated carbocycles. The number of rotatable bonds is 7. The Bertz CT molecular complexity index is 1930. The number of halogens is 2. The predicted octanol–water partition coefficient (Wildman–Crippen LogP) is 9.27. The average Bonchev–Trinajstić information content (AvgIpc) is 3.45. The van der Waals surface area contributed by atoms with Crippen LogP contribution >= 0.6 is 0 Å². The molecule has 0 N–H and O–H groups in total. The van der Waals surface area contributed by atoms with Crippen molar-refractivity contribution >= 4 is 24.2 Å². The highest BCUT2D eigenvalue weighted by Crippen LogP contribution is 2.47.